The van der Waals surface area contributed by atoms with E-state index in [2.05, 4.69) is 45.7 Å². The Morgan fingerprint density at radius 1 is 1.06 bits per heavy atom. The minimum Gasteiger partial charge on any atom is -0.495 e. The molecule has 1 aliphatic rings. The molecule has 5 rings (SSSR count). The van der Waals surface area contributed by atoms with Gasteiger partial charge in [0.05, 0.1) is 35.4 Å². The fourth-order valence-corrected chi connectivity index (χ4v) is 4.71. The summed E-state index contributed by atoms with van der Waals surface area (Å²) in [5.74, 6) is 1.15. The quantitative estimate of drug-likeness (QED) is 0.377. The van der Waals surface area contributed by atoms with Gasteiger partial charge in [-0.25, -0.2) is 4.98 Å². The highest BCUT2D eigenvalue weighted by Gasteiger charge is 2.34. The van der Waals surface area contributed by atoms with E-state index in [9.17, 15) is 4.79 Å². The lowest BCUT2D eigenvalue weighted by Crippen LogP contribution is -2.31. The molecule has 1 aromatic heterocycles. The van der Waals surface area contributed by atoms with Crippen LogP contribution in [0.4, 0.5) is 11.6 Å². The van der Waals surface area contributed by atoms with Crippen LogP contribution in [0.15, 0.2) is 89.0 Å². The summed E-state index contributed by atoms with van der Waals surface area (Å²) >= 11 is 1.69. The molecule has 0 fully saturated rings. The minimum atomic E-state index is -0.334. The Kier molecular flexibility index (Phi) is 5.56. The number of nitrogens with zero attached hydrogens (tertiary/aromatic N) is 2. The van der Waals surface area contributed by atoms with Crippen LogP contribution in [-0.4, -0.2) is 28.8 Å². The van der Waals surface area contributed by atoms with E-state index in [1.807, 2.05) is 55.5 Å². The predicted molar refractivity (Wildman–Crippen MR) is 134 cm³/mol. The summed E-state index contributed by atoms with van der Waals surface area (Å²) in [5, 5.41) is 6.41. The lowest BCUT2D eigenvalue weighted by atomic mass is 9.94. The molecule has 33 heavy (non-hydrogen) atoms. The van der Waals surface area contributed by atoms with Gasteiger partial charge in [-0.15, -0.1) is 11.8 Å². The third-order valence-corrected chi connectivity index (χ3v) is 6.61. The van der Waals surface area contributed by atoms with Crippen LogP contribution in [0.3, 0.4) is 0 Å². The van der Waals surface area contributed by atoms with Crippen LogP contribution in [0, 0.1) is 0 Å². The van der Waals surface area contributed by atoms with E-state index >= 15 is 0 Å². The summed E-state index contributed by atoms with van der Waals surface area (Å²) in [4.78, 5) is 19.7. The van der Waals surface area contributed by atoms with Gasteiger partial charge in [0.1, 0.15) is 5.75 Å². The molecule has 1 amide bonds. The van der Waals surface area contributed by atoms with Gasteiger partial charge < -0.3 is 15.4 Å². The van der Waals surface area contributed by atoms with Gasteiger partial charge >= 0.3 is 0 Å². The van der Waals surface area contributed by atoms with Gasteiger partial charge in [-0.05, 0) is 55.1 Å². The molecule has 0 spiro atoms. The summed E-state index contributed by atoms with van der Waals surface area (Å²) in [7, 11) is 1.59. The van der Waals surface area contributed by atoms with Crippen LogP contribution >= 0.6 is 11.8 Å². The van der Waals surface area contributed by atoms with Crippen molar-refractivity contribution >= 4 is 40.3 Å². The first-order chi connectivity index (χ1) is 16.1. The van der Waals surface area contributed by atoms with Crippen LogP contribution < -0.4 is 15.4 Å². The number of methoxy groups -OCH3 is 1. The van der Waals surface area contributed by atoms with Crippen LogP contribution in [0.25, 0.3) is 11.0 Å². The number of para-hydroxylation sites is 4. The van der Waals surface area contributed by atoms with E-state index in [1.54, 1.807) is 18.9 Å². The fraction of sp³-hybridized carbons (Fsp3) is 0.154. The molecular formula is C26H24N4O2S. The molecule has 0 bridgehead atoms. The number of carbonyl (C=O) groups is 1. The molecule has 6 nitrogen and oxygen atoms in total. The highest BCUT2D eigenvalue weighted by molar-refractivity contribution is 7.98. The lowest BCUT2D eigenvalue weighted by molar-refractivity contribution is -0.113. The summed E-state index contributed by atoms with van der Waals surface area (Å²) in [6.45, 7) is 1.92. The van der Waals surface area contributed by atoms with Gasteiger partial charge in [-0.1, -0.05) is 36.4 Å². The van der Waals surface area contributed by atoms with E-state index in [-0.39, 0.29) is 11.9 Å². The smallest absolute Gasteiger partial charge is 0.255 e. The number of rotatable bonds is 5. The van der Waals surface area contributed by atoms with E-state index in [4.69, 9.17) is 9.72 Å². The summed E-state index contributed by atoms with van der Waals surface area (Å²) in [6.07, 6.45) is 2.05. The first kappa shape index (κ1) is 21.2. The number of thioether (sulfide) groups is 1. The van der Waals surface area contributed by atoms with Crippen molar-refractivity contribution < 1.29 is 9.53 Å². The monoisotopic (exact) mass is 456 g/mol. The Hall–Kier alpha value is -3.71. The van der Waals surface area contributed by atoms with Gasteiger partial charge in [0.2, 0.25) is 5.95 Å². The zero-order valence-electron chi connectivity index (χ0n) is 18.6. The van der Waals surface area contributed by atoms with E-state index in [0.29, 0.717) is 17.0 Å². The minimum absolute atomic E-state index is 0.188. The molecule has 2 heterocycles. The van der Waals surface area contributed by atoms with Crippen molar-refractivity contribution in [2.24, 2.45) is 0 Å². The molecule has 2 N–H and O–H groups in total. The van der Waals surface area contributed by atoms with Crippen molar-refractivity contribution in [1.82, 2.24) is 9.55 Å². The van der Waals surface area contributed by atoms with Gasteiger partial charge in [0.15, 0.2) is 0 Å². The van der Waals surface area contributed by atoms with Crippen LogP contribution in [0.5, 0.6) is 5.75 Å². The average molecular weight is 457 g/mol. The number of carbonyl (C=O) groups excluding carboxylic acids is 1. The molecular weight excluding hydrogens is 432 g/mol. The Labute approximate surface area is 196 Å². The van der Waals surface area contributed by atoms with Crippen molar-refractivity contribution in [2.45, 2.75) is 17.9 Å². The lowest BCUT2D eigenvalue weighted by Gasteiger charge is -2.31. The third-order valence-electron chi connectivity index (χ3n) is 5.86. The SMILES string of the molecule is COc1ccccc1NC(=O)C1=C(C)Nc2nc3ccccc3n2C1c1ccc(SC)cc1. The number of hydrogen-bond acceptors (Lipinski definition) is 5. The van der Waals surface area contributed by atoms with Crippen LogP contribution in [0.2, 0.25) is 0 Å². The molecule has 166 valence electrons. The van der Waals surface area contributed by atoms with Crippen molar-refractivity contribution in [3.8, 4) is 5.75 Å². The topological polar surface area (TPSA) is 68.2 Å². The number of fused-ring (bicyclic) bond motifs is 3. The zero-order chi connectivity index (χ0) is 22.9. The van der Waals surface area contributed by atoms with Crippen molar-refractivity contribution in [2.75, 3.05) is 24.0 Å². The number of ether oxygens (including phenoxy) is 1. The second-order valence-corrected chi connectivity index (χ2v) is 8.67. The number of allylic oxidation sites excluding steroid dienone is 1. The molecule has 0 saturated carbocycles. The number of imidazole rings is 1. The van der Waals surface area contributed by atoms with E-state index in [1.165, 1.54) is 4.90 Å². The Balaban J connectivity index is 1.65. The Bertz CT molecular complexity index is 1370. The standard InChI is InChI=1S/C26H24N4O2S/c1-16-23(25(31)28-20-9-5-7-11-22(20)32-2)24(17-12-14-18(33-3)15-13-17)30-21-10-6-4-8-19(21)29-26(30)27-16/h4-15,24H,1-3H3,(H,27,29)(H,28,31). The Morgan fingerprint density at radius 2 is 1.79 bits per heavy atom. The molecule has 0 saturated heterocycles. The van der Waals surface area contributed by atoms with Crippen molar-refractivity contribution in [3.05, 3.63) is 89.6 Å². The maximum absolute atomic E-state index is 13.7. The number of anilines is 2. The molecule has 1 aliphatic heterocycles. The zero-order valence-corrected chi connectivity index (χ0v) is 19.4. The van der Waals surface area contributed by atoms with E-state index < -0.39 is 0 Å². The van der Waals surface area contributed by atoms with E-state index in [0.717, 1.165) is 28.2 Å². The van der Waals surface area contributed by atoms with Gasteiger partial charge in [-0.2, -0.15) is 0 Å². The Morgan fingerprint density at radius 3 is 2.55 bits per heavy atom. The molecule has 3 aromatic carbocycles. The fourth-order valence-electron chi connectivity index (χ4n) is 4.30. The van der Waals surface area contributed by atoms with Crippen LogP contribution in [0.1, 0.15) is 18.5 Å². The molecule has 1 atom stereocenters. The summed E-state index contributed by atoms with van der Waals surface area (Å²) in [6, 6.07) is 23.4. The maximum atomic E-state index is 13.7. The average Bonchev–Trinajstić information content (AvgIpc) is 3.21. The third kappa shape index (κ3) is 3.74. The number of amides is 1. The van der Waals surface area contributed by atoms with Crippen molar-refractivity contribution in [3.63, 3.8) is 0 Å². The first-order valence-electron chi connectivity index (χ1n) is 10.6. The second kappa shape index (κ2) is 8.67. The van der Waals surface area contributed by atoms with Gasteiger partial charge in [0, 0.05) is 10.6 Å². The summed E-state index contributed by atoms with van der Waals surface area (Å²) < 4.78 is 7.54. The highest BCUT2D eigenvalue weighted by Crippen LogP contribution is 2.40. The second-order valence-electron chi connectivity index (χ2n) is 7.79. The van der Waals surface area contributed by atoms with Crippen molar-refractivity contribution in [1.29, 1.82) is 0 Å². The number of hydrogen-bond donors (Lipinski definition) is 2. The molecule has 0 aliphatic carbocycles. The van der Waals surface area contributed by atoms with Gasteiger partial charge in [0.25, 0.3) is 5.91 Å². The van der Waals surface area contributed by atoms with Crippen LogP contribution in [-0.2, 0) is 4.79 Å². The number of benzene rings is 3. The normalized spacial score (nSPS) is 15.2. The molecule has 7 heteroatoms. The number of nitrogens with one attached hydrogen (secondary N) is 2. The molecule has 1 unspecified atom stereocenters. The predicted octanol–water partition coefficient (Wildman–Crippen LogP) is 5.69. The molecule has 0 radical (unpaired) electrons. The highest BCUT2D eigenvalue weighted by atomic mass is 32.2. The first-order valence-corrected chi connectivity index (χ1v) is 11.9. The summed E-state index contributed by atoms with van der Waals surface area (Å²) in [5.41, 5.74) is 4.89. The maximum Gasteiger partial charge on any atom is 0.255 e. The van der Waals surface area contributed by atoms with Gasteiger partial charge in [-0.3, -0.25) is 9.36 Å². The largest absolute Gasteiger partial charge is 0.495 e. The number of aromatic nitrogens is 2. The molecule has 4 aromatic rings.